The molecule has 9 aromatic rings. The summed E-state index contributed by atoms with van der Waals surface area (Å²) in [7, 11) is 0. The van der Waals surface area contributed by atoms with Crippen LogP contribution in [-0.4, -0.2) is 0 Å². The van der Waals surface area contributed by atoms with Crippen molar-refractivity contribution in [2.75, 3.05) is 4.90 Å². The molecule has 7 aromatic carbocycles. The molecule has 216 valence electrons. The zero-order valence-corrected chi connectivity index (χ0v) is 24.6. The maximum atomic E-state index is 6.57. The first-order chi connectivity index (χ1) is 22.8. The smallest absolute Gasteiger partial charge is 0.151 e. The van der Waals surface area contributed by atoms with E-state index in [1.54, 1.807) is 0 Å². The highest BCUT2D eigenvalue weighted by Crippen LogP contribution is 2.52. The van der Waals surface area contributed by atoms with Crippen LogP contribution < -0.4 is 9.64 Å². The first-order valence-electron chi connectivity index (χ1n) is 15.4. The van der Waals surface area contributed by atoms with Crippen molar-refractivity contribution < 1.29 is 13.6 Å². The molecule has 0 bridgehead atoms. The summed E-state index contributed by atoms with van der Waals surface area (Å²) >= 11 is 0. The maximum absolute atomic E-state index is 6.57. The highest BCUT2D eigenvalue weighted by molar-refractivity contribution is 6.07. The van der Waals surface area contributed by atoms with Gasteiger partial charge in [0.2, 0.25) is 0 Å². The third-order valence-corrected chi connectivity index (χ3v) is 9.05. The molecule has 3 heterocycles. The Balaban J connectivity index is 1.12. The van der Waals surface area contributed by atoms with Crippen LogP contribution in [0.1, 0.15) is 0 Å². The van der Waals surface area contributed by atoms with E-state index in [9.17, 15) is 0 Å². The summed E-state index contributed by atoms with van der Waals surface area (Å²) < 4.78 is 18.8. The third-order valence-electron chi connectivity index (χ3n) is 9.05. The minimum Gasteiger partial charge on any atom is -0.456 e. The number of anilines is 3. The van der Waals surface area contributed by atoms with E-state index in [-0.39, 0.29) is 0 Å². The van der Waals surface area contributed by atoms with Crippen LogP contribution >= 0.6 is 0 Å². The monoisotopic (exact) mass is 591 g/mol. The summed E-state index contributed by atoms with van der Waals surface area (Å²) in [5, 5.41) is 4.46. The number of ether oxygens (including phenoxy) is 1. The molecule has 0 aliphatic carbocycles. The van der Waals surface area contributed by atoms with Crippen molar-refractivity contribution in [3.63, 3.8) is 0 Å². The first kappa shape index (κ1) is 25.1. The SMILES string of the molecule is c1ccc(N2c3cc(-c4ccc5oc6ccccc6c5c4)ccc3Oc3ccc(-c4ccc5oc6ccccc6c5c4)cc32)cc1. The van der Waals surface area contributed by atoms with Gasteiger partial charge in [-0.05, 0) is 95.1 Å². The molecule has 0 fully saturated rings. The molecule has 0 radical (unpaired) electrons. The second-order valence-electron chi connectivity index (χ2n) is 11.8. The number of fused-ring (bicyclic) bond motifs is 8. The summed E-state index contributed by atoms with van der Waals surface area (Å²) in [6, 6.07) is 52.6. The standard InChI is InChI=1S/C42H25NO3/c1-2-8-30(9-3-1)43-35-24-28(26-14-18-39-33(22-26)31-10-4-6-12-37(31)44-39)16-20-41(35)46-42-21-17-29(25-36(42)43)27-15-19-40-34(23-27)32-11-5-7-13-38(32)45-40/h1-25H. The molecule has 0 saturated carbocycles. The van der Waals surface area contributed by atoms with Crippen molar-refractivity contribution in [1.29, 1.82) is 0 Å². The number of benzene rings is 7. The summed E-state index contributed by atoms with van der Waals surface area (Å²) in [6.45, 7) is 0. The molecule has 1 aliphatic heterocycles. The van der Waals surface area contributed by atoms with Crippen molar-refractivity contribution >= 4 is 60.9 Å². The second kappa shape index (κ2) is 9.62. The van der Waals surface area contributed by atoms with E-state index in [0.29, 0.717) is 0 Å². The summed E-state index contributed by atoms with van der Waals surface area (Å²) in [4.78, 5) is 2.30. The van der Waals surface area contributed by atoms with Gasteiger partial charge in [-0.2, -0.15) is 0 Å². The van der Waals surface area contributed by atoms with Gasteiger partial charge in [0.15, 0.2) is 11.5 Å². The van der Waals surface area contributed by atoms with Gasteiger partial charge in [0.1, 0.15) is 22.3 Å². The van der Waals surface area contributed by atoms with Gasteiger partial charge in [0.05, 0.1) is 11.4 Å². The van der Waals surface area contributed by atoms with Gasteiger partial charge in [-0.1, -0.05) is 78.9 Å². The molecule has 0 saturated heterocycles. The second-order valence-corrected chi connectivity index (χ2v) is 11.8. The lowest BCUT2D eigenvalue weighted by atomic mass is 9.99. The molecular weight excluding hydrogens is 566 g/mol. The average Bonchev–Trinajstić information content (AvgIpc) is 3.68. The number of hydrogen-bond donors (Lipinski definition) is 0. The number of para-hydroxylation sites is 3. The van der Waals surface area contributed by atoms with Gasteiger partial charge in [-0.3, -0.25) is 0 Å². The van der Waals surface area contributed by atoms with Crippen LogP contribution in [0.25, 0.3) is 66.1 Å². The average molecular weight is 592 g/mol. The fraction of sp³-hybridized carbons (Fsp3) is 0. The Morgan fingerprint density at radius 3 is 1.33 bits per heavy atom. The van der Waals surface area contributed by atoms with E-state index < -0.39 is 0 Å². The lowest BCUT2D eigenvalue weighted by Gasteiger charge is -2.33. The van der Waals surface area contributed by atoms with Crippen molar-refractivity contribution in [2.24, 2.45) is 0 Å². The molecule has 4 nitrogen and oxygen atoms in total. The minimum atomic E-state index is 0.814. The minimum absolute atomic E-state index is 0.814. The van der Waals surface area contributed by atoms with Gasteiger partial charge in [0, 0.05) is 27.2 Å². The molecule has 0 N–H and O–H groups in total. The van der Waals surface area contributed by atoms with Crippen molar-refractivity contribution in [2.45, 2.75) is 0 Å². The summed E-state index contributed by atoms with van der Waals surface area (Å²) in [6.07, 6.45) is 0. The van der Waals surface area contributed by atoms with E-state index in [2.05, 4.69) is 126 Å². The van der Waals surface area contributed by atoms with Crippen molar-refractivity contribution in [3.05, 3.63) is 152 Å². The fourth-order valence-electron chi connectivity index (χ4n) is 6.83. The maximum Gasteiger partial charge on any atom is 0.151 e. The zero-order valence-electron chi connectivity index (χ0n) is 24.6. The van der Waals surface area contributed by atoms with Crippen LogP contribution in [0, 0.1) is 0 Å². The Labute approximate surface area is 264 Å². The molecule has 4 heteroatoms. The van der Waals surface area contributed by atoms with Gasteiger partial charge < -0.3 is 18.5 Å². The number of hydrogen-bond acceptors (Lipinski definition) is 4. The predicted octanol–water partition coefficient (Wildman–Crippen LogP) is 12.4. The van der Waals surface area contributed by atoms with Crippen LogP contribution in [-0.2, 0) is 0 Å². The fourth-order valence-corrected chi connectivity index (χ4v) is 6.83. The van der Waals surface area contributed by atoms with Gasteiger partial charge in [0.25, 0.3) is 0 Å². The van der Waals surface area contributed by atoms with Crippen LogP contribution in [0.3, 0.4) is 0 Å². The van der Waals surface area contributed by atoms with E-state index in [4.69, 9.17) is 13.6 Å². The lowest BCUT2D eigenvalue weighted by molar-refractivity contribution is 0.477. The molecule has 0 spiro atoms. The largest absolute Gasteiger partial charge is 0.456 e. The predicted molar refractivity (Wildman–Crippen MR) is 187 cm³/mol. The number of furan rings is 2. The lowest BCUT2D eigenvalue weighted by Crippen LogP contribution is -2.16. The molecule has 0 atom stereocenters. The highest BCUT2D eigenvalue weighted by Gasteiger charge is 2.27. The molecule has 0 amide bonds. The van der Waals surface area contributed by atoms with Gasteiger partial charge in [-0.15, -0.1) is 0 Å². The van der Waals surface area contributed by atoms with Crippen LogP contribution in [0.5, 0.6) is 11.5 Å². The molecule has 1 aliphatic rings. The first-order valence-corrected chi connectivity index (χ1v) is 15.4. The Morgan fingerprint density at radius 2 is 0.783 bits per heavy atom. The summed E-state index contributed by atoms with van der Waals surface area (Å²) in [5.74, 6) is 1.63. The Kier molecular flexibility index (Phi) is 5.25. The van der Waals surface area contributed by atoms with Crippen LogP contribution in [0.15, 0.2) is 160 Å². The molecule has 10 rings (SSSR count). The van der Waals surface area contributed by atoms with Crippen LogP contribution in [0.4, 0.5) is 17.1 Å². The molecule has 2 aromatic heterocycles. The Morgan fingerprint density at radius 1 is 0.348 bits per heavy atom. The zero-order chi connectivity index (χ0) is 30.2. The van der Waals surface area contributed by atoms with E-state index >= 15 is 0 Å². The van der Waals surface area contributed by atoms with E-state index in [1.165, 1.54) is 0 Å². The van der Waals surface area contributed by atoms with E-state index in [1.807, 2.05) is 30.3 Å². The normalized spacial score (nSPS) is 12.5. The molecule has 46 heavy (non-hydrogen) atoms. The highest BCUT2D eigenvalue weighted by atomic mass is 16.5. The van der Waals surface area contributed by atoms with Crippen molar-refractivity contribution in [1.82, 2.24) is 0 Å². The van der Waals surface area contributed by atoms with Crippen molar-refractivity contribution in [3.8, 4) is 33.8 Å². The van der Waals surface area contributed by atoms with Gasteiger partial charge in [-0.25, -0.2) is 0 Å². The topological polar surface area (TPSA) is 38.8 Å². The Hall–Kier alpha value is -6.26. The number of nitrogens with zero attached hydrogens (tertiary/aromatic N) is 1. The van der Waals surface area contributed by atoms with Gasteiger partial charge >= 0.3 is 0 Å². The number of rotatable bonds is 3. The van der Waals surface area contributed by atoms with E-state index in [0.717, 1.165) is 94.7 Å². The molecule has 0 unspecified atom stereocenters. The quantitative estimate of drug-likeness (QED) is 0.205. The molecular formula is C42H25NO3. The summed E-state index contributed by atoms with van der Waals surface area (Å²) in [5.41, 5.74) is 11.1. The Bertz CT molecular complexity index is 2470. The van der Waals surface area contributed by atoms with Crippen LogP contribution in [0.2, 0.25) is 0 Å². The third kappa shape index (κ3) is 3.80.